The number of aromatic nitrogens is 2. The number of rotatable bonds is 13. The van der Waals surface area contributed by atoms with Gasteiger partial charge in [0.05, 0.1) is 30.4 Å². The fourth-order valence-electron chi connectivity index (χ4n) is 5.96. The van der Waals surface area contributed by atoms with Crippen LogP contribution in [0.1, 0.15) is 77.5 Å². The van der Waals surface area contributed by atoms with Crippen LogP contribution >= 0.6 is 0 Å². The number of carbonyl (C=O) groups excluding carboxylic acids is 1. The monoisotopic (exact) mass is 591 g/mol. The SMILES string of the molecule is CCOC(=O)C(C)(C)OC[C@@H](C)NC1CCC(Cc2cc(-c3cccc(NCC4(C#N)CCOCC4)n3)c(C)cn2)CC1. The van der Waals surface area contributed by atoms with Gasteiger partial charge in [-0.1, -0.05) is 6.07 Å². The molecule has 3 heterocycles. The van der Waals surface area contributed by atoms with Crippen molar-refractivity contribution in [3.05, 3.63) is 41.7 Å². The summed E-state index contributed by atoms with van der Waals surface area (Å²) in [6.45, 7) is 12.2. The van der Waals surface area contributed by atoms with Gasteiger partial charge in [-0.05, 0) is 109 Å². The van der Waals surface area contributed by atoms with E-state index >= 15 is 0 Å². The van der Waals surface area contributed by atoms with Crippen LogP contribution < -0.4 is 10.6 Å². The van der Waals surface area contributed by atoms with Gasteiger partial charge in [-0.25, -0.2) is 9.78 Å². The van der Waals surface area contributed by atoms with Crippen molar-refractivity contribution in [1.29, 1.82) is 5.26 Å². The summed E-state index contributed by atoms with van der Waals surface area (Å²) >= 11 is 0. The molecule has 2 N–H and O–H groups in total. The van der Waals surface area contributed by atoms with Crippen LogP contribution in [0.3, 0.4) is 0 Å². The molecule has 0 bridgehead atoms. The van der Waals surface area contributed by atoms with Gasteiger partial charge >= 0.3 is 5.97 Å². The maximum absolute atomic E-state index is 12.1. The molecule has 0 amide bonds. The molecule has 1 aliphatic carbocycles. The first kappa shape index (κ1) is 32.8. The number of nitriles is 1. The number of esters is 1. The lowest BCUT2D eigenvalue weighted by molar-refractivity contribution is -0.168. The summed E-state index contributed by atoms with van der Waals surface area (Å²) in [5, 5.41) is 16.9. The standard InChI is InChI=1S/C34H49N5O4/c1-6-42-32(40)33(4,5)43-21-25(3)38-27-12-10-26(11-13-27)18-28-19-29(24(2)20-36-28)30-8-7-9-31(39-30)37-23-34(22-35)14-16-41-17-15-34/h7-9,19-20,25-27,38H,6,10-18,21,23H2,1-5H3,(H,37,39)/t25-,26?,27?/m1/s1. The quantitative estimate of drug-likeness (QED) is 0.286. The van der Waals surface area contributed by atoms with E-state index in [1.54, 1.807) is 20.8 Å². The number of hydrogen-bond acceptors (Lipinski definition) is 9. The van der Waals surface area contributed by atoms with E-state index in [2.05, 4.69) is 36.6 Å². The molecule has 0 aromatic carbocycles. The summed E-state index contributed by atoms with van der Waals surface area (Å²) in [5.41, 5.74) is 2.87. The van der Waals surface area contributed by atoms with Gasteiger partial charge in [0.25, 0.3) is 0 Å². The number of nitrogens with one attached hydrogen (secondary N) is 2. The molecule has 2 aromatic rings. The Morgan fingerprint density at radius 2 is 1.98 bits per heavy atom. The number of nitrogens with zero attached hydrogens (tertiary/aromatic N) is 3. The molecule has 234 valence electrons. The Morgan fingerprint density at radius 1 is 1.23 bits per heavy atom. The predicted octanol–water partition coefficient (Wildman–Crippen LogP) is 5.62. The van der Waals surface area contributed by atoms with Gasteiger partial charge in [0.15, 0.2) is 5.60 Å². The number of pyridine rings is 2. The zero-order chi connectivity index (χ0) is 30.9. The largest absolute Gasteiger partial charge is 0.464 e. The highest BCUT2D eigenvalue weighted by Crippen LogP contribution is 2.32. The summed E-state index contributed by atoms with van der Waals surface area (Å²) < 4.78 is 16.5. The van der Waals surface area contributed by atoms with E-state index in [0.29, 0.717) is 44.9 Å². The van der Waals surface area contributed by atoms with Gasteiger partial charge < -0.3 is 24.8 Å². The molecule has 2 fully saturated rings. The predicted molar refractivity (Wildman–Crippen MR) is 168 cm³/mol. The van der Waals surface area contributed by atoms with E-state index in [0.717, 1.165) is 73.3 Å². The van der Waals surface area contributed by atoms with Crippen molar-refractivity contribution < 1.29 is 19.0 Å². The second-order valence-corrected chi connectivity index (χ2v) is 12.8. The average molecular weight is 592 g/mol. The van der Waals surface area contributed by atoms with E-state index in [-0.39, 0.29) is 12.0 Å². The summed E-state index contributed by atoms with van der Waals surface area (Å²) in [6.07, 6.45) is 8.92. The fraction of sp³-hybridized carbons (Fsp3) is 0.647. The van der Waals surface area contributed by atoms with Crippen LogP contribution in [-0.4, -0.2) is 66.6 Å². The highest BCUT2D eigenvalue weighted by Gasteiger charge is 2.33. The van der Waals surface area contributed by atoms with Crippen molar-refractivity contribution >= 4 is 11.8 Å². The van der Waals surface area contributed by atoms with Gasteiger partial charge in [0.2, 0.25) is 0 Å². The van der Waals surface area contributed by atoms with Crippen LogP contribution in [0, 0.1) is 29.6 Å². The lowest BCUT2D eigenvalue weighted by Gasteiger charge is -2.32. The van der Waals surface area contributed by atoms with Crippen LogP contribution in [0.25, 0.3) is 11.3 Å². The van der Waals surface area contributed by atoms with Crippen LogP contribution in [0.4, 0.5) is 5.82 Å². The van der Waals surface area contributed by atoms with Crippen LogP contribution in [0.2, 0.25) is 0 Å². The van der Waals surface area contributed by atoms with Crippen LogP contribution in [0.15, 0.2) is 30.5 Å². The molecule has 1 aliphatic heterocycles. The minimum absolute atomic E-state index is 0.149. The molecule has 2 aliphatic rings. The zero-order valence-electron chi connectivity index (χ0n) is 26.6. The van der Waals surface area contributed by atoms with Gasteiger partial charge in [0, 0.05) is 49.3 Å². The molecule has 1 saturated heterocycles. The molecule has 0 spiro atoms. The fourth-order valence-corrected chi connectivity index (χ4v) is 5.96. The van der Waals surface area contributed by atoms with Crippen LogP contribution in [-0.2, 0) is 25.4 Å². The van der Waals surface area contributed by atoms with Gasteiger partial charge in [-0.15, -0.1) is 0 Å². The molecule has 0 radical (unpaired) electrons. The molecule has 1 saturated carbocycles. The van der Waals surface area contributed by atoms with Gasteiger partial charge in [0.1, 0.15) is 5.82 Å². The van der Waals surface area contributed by atoms with E-state index in [9.17, 15) is 10.1 Å². The van der Waals surface area contributed by atoms with Crippen LogP contribution in [0.5, 0.6) is 0 Å². The van der Waals surface area contributed by atoms with E-state index in [4.69, 9.17) is 24.2 Å². The van der Waals surface area contributed by atoms with Crippen molar-refractivity contribution in [2.75, 3.05) is 38.3 Å². The molecule has 43 heavy (non-hydrogen) atoms. The number of ether oxygens (including phenoxy) is 3. The summed E-state index contributed by atoms with van der Waals surface area (Å²) in [7, 11) is 0. The third-order valence-corrected chi connectivity index (χ3v) is 8.81. The maximum atomic E-state index is 12.1. The minimum Gasteiger partial charge on any atom is -0.464 e. The Labute approximate surface area is 257 Å². The summed E-state index contributed by atoms with van der Waals surface area (Å²) in [4.78, 5) is 21.8. The summed E-state index contributed by atoms with van der Waals surface area (Å²) in [5.74, 6) is 1.05. The van der Waals surface area contributed by atoms with E-state index in [1.807, 2.05) is 24.4 Å². The molecular formula is C34H49N5O4. The number of carbonyl (C=O) groups is 1. The molecule has 2 aromatic heterocycles. The molecule has 1 atom stereocenters. The molecule has 9 nitrogen and oxygen atoms in total. The average Bonchev–Trinajstić information content (AvgIpc) is 3.02. The normalized spacial score (nSPS) is 21.0. The molecule has 4 rings (SSSR count). The third kappa shape index (κ3) is 9.21. The highest BCUT2D eigenvalue weighted by molar-refractivity contribution is 5.78. The highest BCUT2D eigenvalue weighted by atomic mass is 16.6. The van der Waals surface area contributed by atoms with Crippen molar-refractivity contribution in [3.8, 4) is 17.3 Å². The van der Waals surface area contributed by atoms with Crippen molar-refractivity contribution in [2.45, 2.75) is 97.2 Å². The third-order valence-electron chi connectivity index (χ3n) is 8.81. The Kier molecular flexibility index (Phi) is 11.5. The van der Waals surface area contributed by atoms with Crippen molar-refractivity contribution in [2.24, 2.45) is 11.3 Å². The second kappa shape index (κ2) is 15.1. The Balaban J connectivity index is 1.28. The van der Waals surface area contributed by atoms with Gasteiger partial charge in [-0.3, -0.25) is 4.98 Å². The number of anilines is 1. The van der Waals surface area contributed by atoms with E-state index in [1.165, 1.54) is 0 Å². The smallest absolute Gasteiger partial charge is 0.337 e. The van der Waals surface area contributed by atoms with Crippen molar-refractivity contribution in [1.82, 2.24) is 15.3 Å². The molecular weight excluding hydrogens is 542 g/mol. The lowest BCUT2D eigenvalue weighted by Crippen LogP contribution is -2.45. The maximum Gasteiger partial charge on any atom is 0.337 e. The van der Waals surface area contributed by atoms with E-state index < -0.39 is 11.0 Å². The molecule has 0 unspecified atom stereocenters. The summed E-state index contributed by atoms with van der Waals surface area (Å²) in [6, 6.07) is 11.3. The number of hydrogen-bond donors (Lipinski definition) is 2. The van der Waals surface area contributed by atoms with Crippen molar-refractivity contribution in [3.63, 3.8) is 0 Å². The van der Waals surface area contributed by atoms with Gasteiger partial charge in [-0.2, -0.15) is 5.26 Å². The first-order chi connectivity index (χ1) is 20.6. The molecule has 9 heteroatoms. The first-order valence-electron chi connectivity index (χ1n) is 15.9. The topological polar surface area (TPSA) is 118 Å². The minimum atomic E-state index is -0.943. The first-order valence-corrected chi connectivity index (χ1v) is 15.9. The second-order valence-electron chi connectivity index (χ2n) is 12.8. The number of aryl methyl sites for hydroxylation is 1. The zero-order valence-corrected chi connectivity index (χ0v) is 26.6. The lowest BCUT2D eigenvalue weighted by atomic mass is 9.82. The Hall–Kier alpha value is -3.06. The Morgan fingerprint density at radius 3 is 2.67 bits per heavy atom. The Bertz CT molecular complexity index is 1250.